The first-order valence-corrected chi connectivity index (χ1v) is 6.82. The van der Waals surface area contributed by atoms with Crippen LogP contribution in [0.25, 0.3) is 6.08 Å². The number of fused-ring (bicyclic) bond motifs is 1. The molecule has 1 aromatic rings. The van der Waals surface area contributed by atoms with Crippen LogP contribution in [0.15, 0.2) is 42.0 Å². The molecule has 0 heteroatoms. The maximum absolute atomic E-state index is 2.40. The number of allylic oxidation sites excluding steroid dienone is 5. The lowest BCUT2D eigenvalue weighted by Crippen LogP contribution is -2.10. The minimum Gasteiger partial charge on any atom is -0.0805 e. The third-order valence-corrected chi connectivity index (χ3v) is 4.45. The van der Waals surface area contributed by atoms with Crippen LogP contribution in [-0.2, 0) is 0 Å². The van der Waals surface area contributed by atoms with Crippen molar-refractivity contribution in [3.8, 4) is 0 Å². The molecule has 2 unspecified atom stereocenters. The first kappa shape index (κ1) is 11.5. The van der Waals surface area contributed by atoms with Crippen molar-refractivity contribution >= 4 is 6.08 Å². The van der Waals surface area contributed by atoms with Crippen molar-refractivity contribution in [3.05, 3.63) is 64.3 Å². The van der Waals surface area contributed by atoms with Crippen molar-refractivity contribution in [1.82, 2.24) is 0 Å². The number of benzene rings is 1. The molecule has 0 spiro atoms. The van der Waals surface area contributed by atoms with Gasteiger partial charge in [-0.3, -0.25) is 0 Å². The third-order valence-electron chi connectivity index (χ3n) is 4.45. The highest BCUT2D eigenvalue weighted by Crippen LogP contribution is 2.42. The van der Waals surface area contributed by atoms with Crippen LogP contribution in [0.3, 0.4) is 0 Å². The first-order chi connectivity index (χ1) is 8.68. The lowest BCUT2D eigenvalue weighted by atomic mass is 9.81. The highest BCUT2D eigenvalue weighted by molar-refractivity contribution is 5.68. The summed E-state index contributed by atoms with van der Waals surface area (Å²) in [6, 6.07) is 4.50. The van der Waals surface area contributed by atoms with Crippen molar-refractivity contribution in [2.24, 2.45) is 5.92 Å². The fourth-order valence-corrected chi connectivity index (χ4v) is 3.26. The van der Waals surface area contributed by atoms with Gasteiger partial charge in [-0.05, 0) is 48.4 Å². The lowest BCUT2D eigenvalue weighted by Gasteiger charge is -2.23. The van der Waals surface area contributed by atoms with Crippen molar-refractivity contribution in [2.45, 2.75) is 33.1 Å². The molecule has 0 fully saturated rings. The van der Waals surface area contributed by atoms with Crippen LogP contribution < -0.4 is 0 Å². The van der Waals surface area contributed by atoms with Gasteiger partial charge in [0.15, 0.2) is 0 Å². The third kappa shape index (κ3) is 1.68. The zero-order valence-corrected chi connectivity index (χ0v) is 11.4. The molecule has 0 aliphatic heterocycles. The molecule has 18 heavy (non-hydrogen) atoms. The van der Waals surface area contributed by atoms with Crippen LogP contribution in [0.2, 0.25) is 0 Å². The Kier molecular flexibility index (Phi) is 2.74. The fraction of sp³-hybridized carbons (Fsp3) is 0.333. The Labute approximate surface area is 110 Å². The zero-order valence-electron chi connectivity index (χ0n) is 11.4. The SMILES string of the molecule is Cc1ccc(C)c2c1C=CC2C(C)C1=CC=CC1. The standard InChI is InChI=1S/C18H20/c1-12-8-9-13(2)18-16(12)10-11-17(18)14(3)15-6-4-5-7-15/h4-6,8-11,14,17H,7H2,1-3H3. The van der Waals surface area contributed by atoms with Gasteiger partial charge < -0.3 is 0 Å². The second-order valence-corrected chi connectivity index (χ2v) is 5.57. The Hall–Kier alpha value is -1.56. The number of rotatable bonds is 2. The molecule has 0 N–H and O–H groups in total. The number of hydrogen-bond donors (Lipinski definition) is 0. The van der Waals surface area contributed by atoms with Crippen LogP contribution in [0.5, 0.6) is 0 Å². The minimum atomic E-state index is 0.561. The van der Waals surface area contributed by atoms with Crippen LogP contribution in [0, 0.1) is 19.8 Å². The summed E-state index contributed by atoms with van der Waals surface area (Å²) >= 11 is 0. The van der Waals surface area contributed by atoms with E-state index in [0.717, 1.165) is 6.42 Å². The van der Waals surface area contributed by atoms with Gasteiger partial charge in [-0.15, -0.1) is 0 Å². The van der Waals surface area contributed by atoms with Gasteiger partial charge >= 0.3 is 0 Å². The Bertz CT molecular complexity index is 570. The van der Waals surface area contributed by atoms with Gasteiger partial charge in [0.25, 0.3) is 0 Å². The van der Waals surface area contributed by atoms with Gasteiger partial charge in [-0.2, -0.15) is 0 Å². The second kappa shape index (κ2) is 4.28. The van der Waals surface area contributed by atoms with E-state index in [9.17, 15) is 0 Å². The van der Waals surface area contributed by atoms with Crippen LogP contribution in [0.1, 0.15) is 41.5 Å². The molecule has 2 aliphatic carbocycles. The summed E-state index contributed by atoms with van der Waals surface area (Å²) in [7, 11) is 0. The molecule has 0 saturated carbocycles. The molecule has 2 aliphatic rings. The minimum absolute atomic E-state index is 0.561. The molecule has 0 amide bonds. The quantitative estimate of drug-likeness (QED) is 0.682. The van der Waals surface area contributed by atoms with E-state index in [2.05, 4.69) is 63.3 Å². The van der Waals surface area contributed by atoms with E-state index < -0.39 is 0 Å². The van der Waals surface area contributed by atoms with Crippen molar-refractivity contribution < 1.29 is 0 Å². The van der Waals surface area contributed by atoms with E-state index in [0.29, 0.717) is 11.8 Å². The van der Waals surface area contributed by atoms with Gasteiger partial charge in [0.1, 0.15) is 0 Å². The van der Waals surface area contributed by atoms with E-state index in [1.807, 2.05) is 0 Å². The molecule has 0 heterocycles. The molecule has 92 valence electrons. The highest BCUT2D eigenvalue weighted by atomic mass is 14.3. The Morgan fingerprint density at radius 2 is 1.94 bits per heavy atom. The van der Waals surface area contributed by atoms with E-state index in [4.69, 9.17) is 0 Å². The molecular weight excluding hydrogens is 216 g/mol. The van der Waals surface area contributed by atoms with E-state index in [1.54, 1.807) is 11.1 Å². The maximum Gasteiger partial charge on any atom is 0.00930 e. The fourth-order valence-electron chi connectivity index (χ4n) is 3.26. The average molecular weight is 236 g/mol. The van der Waals surface area contributed by atoms with Gasteiger partial charge in [0.05, 0.1) is 0 Å². The van der Waals surface area contributed by atoms with Crippen LogP contribution in [-0.4, -0.2) is 0 Å². The van der Waals surface area contributed by atoms with Crippen molar-refractivity contribution in [3.63, 3.8) is 0 Å². The molecule has 1 aromatic carbocycles. The van der Waals surface area contributed by atoms with E-state index in [-0.39, 0.29) is 0 Å². The molecule has 0 radical (unpaired) electrons. The smallest absolute Gasteiger partial charge is 0.00930 e. The largest absolute Gasteiger partial charge is 0.0805 e. The van der Waals surface area contributed by atoms with Gasteiger partial charge in [0.2, 0.25) is 0 Å². The topological polar surface area (TPSA) is 0 Å². The Morgan fingerprint density at radius 3 is 2.67 bits per heavy atom. The second-order valence-electron chi connectivity index (χ2n) is 5.57. The van der Waals surface area contributed by atoms with Crippen LogP contribution in [0.4, 0.5) is 0 Å². The summed E-state index contributed by atoms with van der Waals surface area (Å²) in [6.07, 6.45) is 12.6. The summed E-state index contributed by atoms with van der Waals surface area (Å²) in [5.74, 6) is 1.17. The average Bonchev–Trinajstić information content (AvgIpc) is 3.01. The molecule has 0 aromatic heterocycles. The van der Waals surface area contributed by atoms with E-state index >= 15 is 0 Å². The van der Waals surface area contributed by atoms with E-state index in [1.165, 1.54) is 16.7 Å². The normalized spacial score (nSPS) is 22.2. The predicted octanol–water partition coefficient (Wildman–Crippen LogP) is 4.94. The van der Waals surface area contributed by atoms with Crippen LogP contribution >= 0.6 is 0 Å². The van der Waals surface area contributed by atoms with Gasteiger partial charge in [0, 0.05) is 5.92 Å². The van der Waals surface area contributed by atoms with Crippen molar-refractivity contribution in [2.75, 3.05) is 0 Å². The number of aryl methyl sites for hydroxylation is 2. The number of hydrogen-bond acceptors (Lipinski definition) is 0. The maximum atomic E-state index is 2.40. The van der Waals surface area contributed by atoms with Gasteiger partial charge in [-0.25, -0.2) is 0 Å². The van der Waals surface area contributed by atoms with Gasteiger partial charge in [-0.1, -0.05) is 55.0 Å². The Balaban J connectivity index is 2.00. The molecule has 2 atom stereocenters. The summed E-state index contributed by atoms with van der Waals surface area (Å²) in [6.45, 7) is 6.82. The molecule has 0 saturated heterocycles. The molecule has 0 bridgehead atoms. The molecule has 3 rings (SSSR count). The van der Waals surface area contributed by atoms with Crippen molar-refractivity contribution in [1.29, 1.82) is 0 Å². The highest BCUT2D eigenvalue weighted by Gasteiger charge is 2.27. The Morgan fingerprint density at radius 1 is 1.17 bits per heavy atom. The summed E-state index contributed by atoms with van der Waals surface area (Å²) in [5, 5.41) is 0. The monoisotopic (exact) mass is 236 g/mol. The summed E-state index contributed by atoms with van der Waals surface area (Å²) in [5.41, 5.74) is 7.41. The molecular formula is C18H20. The zero-order chi connectivity index (χ0) is 12.7. The summed E-state index contributed by atoms with van der Waals surface area (Å²) < 4.78 is 0. The summed E-state index contributed by atoms with van der Waals surface area (Å²) in [4.78, 5) is 0. The lowest BCUT2D eigenvalue weighted by molar-refractivity contribution is 0.602. The first-order valence-electron chi connectivity index (χ1n) is 6.82. The molecule has 0 nitrogen and oxygen atoms in total. The predicted molar refractivity (Wildman–Crippen MR) is 78.7 cm³/mol.